The Bertz CT molecular complexity index is 356. The fourth-order valence-electron chi connectivity index (χ4n) is 3.67. The van der Waals surface area contributed by atoms with Crippen LogP contribution in [0.15, 0.2) is 0 Å². The zero-order valence-corrected chi connectivity index (χ0v) is 15.2. The van der Waals surface area contributed by atoms with Gasteiger partial charge in [-0.2, -0.15) is 0 Å². The number of carbonyl (C=O) groups excluding carboxylic acids is 1. The number of nitrogens with one attached hydrogen (secondary N) is 1. The normalized spacial score (nSPS) is 26.6. The summed E-state index contributed by atoms with van der Waals surface area (Å²) in [6.07, 6.45) is 5.49. The molecule has 0 saturated carbocycles. The summed E-state index contributed by atoms with van der Waals surface area (Å²) in [6, 6.07) is 1.20. The third kappa shape index (κ3) is 6.05. The Morgan fingerprint density at radius 2 is 1.87 bits per heavy atom. The molecule has 0 aromatic rings. The van der Waals surface area contributed by atoms with E-state index in [9.17, 15) is 4.79 Å². The molecule has 2 rings (SSSR count). The van der Waals surface area contributed by atoms with Gasteiger partial charge in [0.1, 0.15) is 0 Å². The largest absolute Gasteiger partial charge is 0.379 e. The van der Waals surface area contributed by atoms with Gasteiger partial charge in [-0.3, -0.25) is 9.69 Å². The van der Waals surface area contributed by atoms with Gasteiger partial charge in [-0.05, 0) is 33.6 Å². The lowest BCUT2D eigenvalue weighted by Gasteiger charge is -2.38. The number of likely N-dealkylation sites (tertiary alicyclic amines) is 1. The van der Waals surface area contributed by atoms with Crippen molar-refractivity contribution in [3.8, 4) is 0 Å². The Morgan fingerprint density at radius 3 is 2.52 bits per heavy atom. The van der Waals surface area contributed by atoms with Crippen LogP contribution in [-0.2, 0) is 9.53 Å². The minimum absolute atomic E-state index is 0.240. The molecule has 134 valence electrons. The molecular weight excluding hydrogens is 290 g/mol. The predicted octanol–water partition coefficient (Wildman–Crippen LogP) is 1.87. The van der Waals surface area contributed by atoms with Gasteiger partial charge in [0, 0.05) is 50.7 Å². The summed E-state index contributed by atoms with van der Waals surface area (Å²) >= 11 is 0. The van der Waals surface area contributed by atoms with E-state index in [1.54, 1.807) is 0 Å². The first-order valence-electron chi connectivity index (χ1n) is 9.42. The molecule has 0 radical (unpaired) electrons. The van der Waals surface area contributed by atoms with Crippen LogP contribution >= 0.6 is 0 Å². The molecule has 1 amide bonds. The van der Waals surface area contributed by atoms with E-state index in [1.165, 1.54) is 25.7 Å². The molecule has 0 aromatic carbocycles. The number of carbonyl (C=O) groups is 1. The highest BCUT2D eigenvalue weighted by Gasteiger charge is 2.24. The van der Waals surface area contributed by atoms with Gasteiger partial charge < -0.3 is 15.0 Å². The molecule has 2 aliphatic rings. The van der Waals surface area contributed by atoms with Crippen LogP contribution in [0.1, 0.15) is 52.9 Å². The molecule has 0 unspecified atom stereocenters. The molecule has 2 fully saturated rings. The molecule has 23 heavy (non-hydrogen) atoms. The van der Waals surface area contributed by atoms with Crippen LogP contribution in [0, 0.1) is 0 Å². The van der Waals surface area contributed by atoms with Crippen molar-refractivity contribution in [2.24, 2.45) is 0 Å². The van der Waals surface area contributed by atoms with Gasteiger partial charge >= 0.3 is 0 Å². The predicted molar refractivity (Wildman–Crippen MR) is 93.6 cm³/mol. The topological polar surface area (TPSA) is 44.8 Å². The summed E-state index contributed by atoms with van der Waals surface area (Å²) in [5, 5.41) is 3.56. The van der Waals surface area contributed by atoms with Gasteiger partial charge in [-0.1, -0.05) is 12.8 Å². The summed E-state index contributed by atoms with van der Waals surface area (Å²) in [5.74, 6) is 0.319. The SMILES string of the molecule is C[C@H](CC(=O)N1CCCCCC1)NC[C@@H](C)N1CCOC[C@@H]1C. The fraction of sp³-hybridized carbons (Fsp3) is 0.944. The summed E-state index contributed by atoms with van der Waals surface area (Å²) in [6.45, 7) is 12.1. The monoisotopic (exact) mass is 325 g/mol. The first-order valence-corrected chi connectivity index (χ1v) is 9.42. The van der Waals surface area contributed by atoms with E-state index in [4.69, 9.17) is 4.74 Å². The fourth-order valence-corrected chi connectivity index (χ4v) is 3.67. The minimum atomic E-state index is 0.240. The molecular formula is C18H35N3O2. The standard InChI is InChI=1S/C18H35N3O2/c1-15(12-18(22)20-8-6-4-5-7-9-20)19-13-16(2)21-10-11-23-14-17(21)3/h15-17,19H,4-14H2,1-3H3/t15-,16-,17+/m1/s1. The quantitative estimate of drug-likeness (QED) is 0.810. The molecule has 5 heteroatoms. The smallest absolute Gasteiger partial charge is 0.224 e. The van der Waals surface area contributed by atoms with E-state index in [2.05, 4.69) is 35.9 Å². The van der Waals surface area contributed by atoms with Crippen molar-refractivity contribution in [3.63, 3.8) is 0 Å². The van der Waals surface area contributed by atoms with Crippen molar-refractivity contribution >= 4 is 5.91 Å². The number of hydrogen-bond donors (Lipinski definition) is 1. The second-order valence-electron chi connectivity index (χ2n) is 7.32. The molecule has 5 nitrogen and oxygen atoms in total. The van der Waals surface area contributed by atoms with Crippen LogP contribution < -0.4 is 5.32 Å². The van der Waals surface area contributed by atoms with Gasteiger partial charge in [0.05, 0.1) is 13.2 Å². The molecule has 0 aliphatic carbocycles. The third-order valence-electron chi connectivity index (χ3n) is 5.19. The van der Waals surface area contributed by atoms with E-state index < -0.39 is 0 Å². The maximum atomic E-state index is 12.4. The summed E-state index contributed by atoms with van der Waals surface area (Å²) in [4.78, 5) is 17.0. The lowest BCUT2D eigenvalue weighted by atomic mass is 10.1. The Balaban J connectivity index is 1.69. The Labute approximate surface area is 141 Å². The number of ether oxygens (including phenoxy) is 1. The highest BCUT2D eigenvalue weighted by molar-refractivity contribution is 5.76. The molecule has 1 N–H and O–H groups in total. The number of amides is 1. The molecule has 0 aromatic heterocycles. The molecule has 2 aliphatic heterocycles. The van der Waals surface area contributed by atoms with Crippen molar-refractivity contribution < 1.29 is 9.53 Å². The third-order valence-corrected chi connectivity index (χ3v) is 5.19. The van der Waals surface area contributed by atoms with Crippen molar-refractivity contribution in [1.82, 2.24) is 15.1 Å². The summed E-state index contributed by atoms with van der Waals surface area (Å²) < 4.78 is 5.51. The molecule has 3 atom stereocenters. The van der Waals surface area contributed by atoms with E-state index in [-0.39, 0.29) is 6.04 Å². The highest BCUT2D eigenvalue weighted by Crippen LogP contribution is 2.12. The summed E-state index contributed by atoms with van der Waals surface area (Å²) in [7, 11) is 0. The highest BCUT2D eigenvalue weighted by atomic mass is 16.5. The lowest BCUT2D eigenvalue weighted by molar-refractivity contribution is -0.131. The lowest BCUT2D eigenvalue weighted by Crippen LogP contribution is -2.52. The maximum absolute atomic E-state index is 12.4. The van der Waals surface area contributed by atoms with Gasteiger partial charge in [0.15, 0.2) is 0 Å². The molecule has 0 bridgehead atoms. The van der Waals surface area contributed by atoms with Crippen LogP contribution in [0.2, 0.25) is 0 Å². The number of morpholine rings is 1. The molecule has 0 spiro atoms. The van der Waals surface area contributed by atoms with E-state index in [0.717, 1.165) is 39.4 Å². The average molecular weight is 325 g/mol. The molecule has 2 heterocycles. The number of rotatable bonds is 6. The van der Waals surface area contributed by atoms with Crippen LogP contribution in [0.3, 0.4) is 0 Å². The van der Waals surface area contributed by atoms with E-state index >= 15 is 0 Å². The van der Waals surface area contributed by atoms with Gasteiger partial charge in [-0.25, -0.2) is 0 Å². The van der Waals surface area contributed by atoms with Crippen molar-refractivity contribution in [3.05, 3.63) is 0 Å². The Morgan fingerprint density at radius 1 is 1.17 bits per heavy atom. The van der Waals surface area contributed by atoms with E-state index in [1.807, 2.05) is 0 Å². The van der Waals surface area contributed by atoms with Crippen molar-refractivity contribution in [1.29, 1.82) is 0 Å². The van der Waals surface area contributed by atoms with Gasteiger partial charge in [0.2, 0.25) is 5.91 Å². The zero-order valence-electron chi connectivity index (χ0n) is 15.2. The number of nitrogens with zero attached hydrogens (tertiary/aromatic N) is 2. The first kappa shape index (κ1) is 18.7. The van der Waals surface area contributed by atoms with Crippen molar-refractivity contribution in [2.75, 3.05) is 39.4 Å². The Hall–Kier alpha value is -0.650. The average Bonchev–Trinajstić information content (AvgIpc) is 2.82. The Kier molecular flexibility index (Phi) is 7.80. The molecule has 2 saturated heterocycles. The van der Waals surface area contributed by atoms with Crippen molar-refractivity contribution in [2.45, 2.75) is 71.0 Å². The number of hydrogen-bond acceptors (Lipinski definition) is 4. The second-order valence-corrected chi connectivity index (χ2v) is 7.32. The first-order chi connectivity index (χ1) is 11.1. The maximum Gasteiger partial charge on any atom is 0.224 e. The van der Waals surface area contributed by atoms with Crippen LogP contribution in [0.4, 0.5) is 0 Å². The van der Waals surface area contributed by atoms with Gasteiger partial charge in [0.25, 0.3) is 0 Å². The van der Waals surface area contributed by atoms with E-state index in [0.29, 0.717) is 24.4 Å². The van der Waals surface area contributed by atoms with Crippen LogP contribution in [-0.4, -0.2) is 73.2 Å². The van der Waals surface area contributed by atoms with Crippen LogP contribution in [0.5, 0.6) is 0 Å². The minimum Gasteiger partial charge on any atom is -0.379 e. The summed E-state index contributed by atoms with van der Waals surface area (Å²) in [5.41, 5.74) is 0. The zero-order chi connectivity index (χ0) is 16.7. The van der Waals surface area contributed by atoms with Crippen LogP contribution in [0.25, 0.3) is 0 Å². The second kappa shape index (κ2) is 9.60. The van der Waals surface area contributed by atoms with Gasteiger partial charge in [-0.15, -0.1) is 0 Å².